The van der Waals surface area contributed by atoms with E-state index >= 15 is 0 Å². The van der Waals surface area contributed by atoms with E-state index in [9.17, 15) is 9.90 Å². The Kier molecular flexibility index (Phi) is 6.75. The summed E-state index contributed by atoms with van der Waals surface area (Å²) in [4.78, 5) is 24.9. The highest BCUT2D eigenvalue weighted by Crippen LogP contribution is 2.38. The van der Waals surface area contributed by atoms with Crippen molar-refractivity contribution in [3.8, 4) is 22.8 Å². The van der Waals surface area contributed by atoms with Crippen LogP contribution in [-0.2, 0) is 0 Å². The van der Waals surface area contributed by atoms with E-state index in [1.54, 1.807) is 42.7 Å². The first-order chi connectivity index (χ1) is 17.5. The van der Waals surface area contributed by atoms with Gasteiger partial charge in [-0.05, 0) is 48.4 Å². The van der Waals surface area contributed by atoms with Crippen LogP contribution in [0.25, 0.3) is 11.3 Å². The number of aliphatic hydroxyl groups is 1. The third-order valence-corrected chi connectivity index (χ3v) is 5.96. The number of halogens is 1. The van der Waals surface area contributed by atoms with Gasteiger partial charge in [-0.25, -0.2) is 9.97 Å². The molecule has 0 saturated carbocycles. The zero-order chi connectivity index (χ0) is 25.1. The summed E-state index contributed by atoms with van der Waals surface area (Å²) < 4.78 is 11.4. The van der Waals surface area contributed by atoms with Crippen LogP contribution in [0.2, 0.25) is 5.02 Å². The molecule has 0 unspecified atom stereocenters. The van der Waals surface area contributed by atoms with Crippen molar-refractivity contribution < 1.29 is 19.4 Å². The fraction of sp³-hybridized carbons (Fsp3) is 0.192. The number of benzene rings is 2. The average Bonchev–Trinajstić information content (AvgIpc) is 3.39. The zero-order valence-electron chi connectivity index (χ0n) is 19.4. The standard InChI is InChI=1S/C26H24ClN5O4/c1-15-12-29-26(31-19-6-3-7-22-24(19)36-9-8-35-22)32-23(15)17-11-20(28-13-17)25(34)30-21(14-33)16-4-2-5-18(27)10-16/h2-7,10-13,21,28,33H,8-9,14H2,1H3,(H,30,34)(H,29,31,32)/t21-/m1/s1. The maximum absolute atomic E-state index is 12.9. The zero-order valence-corrected chi connectivity index (χ0v) is 20.2. The molecule has 1 aliphatic heterocycles. The second kappa shape index (κ2) is 10.3. The molecule has 10 heteroatoms. The third-order valence-electron chi connectivity index (χ3n) is 5.72. The van der Waals surface area contributed by atoms with Crippen molar-refractivity contribution in [1.29, 1.82) is 0 Å². The Hall–Kier alpha value is -4.08. The average molecular weight is 506 g/mol. The Morgan fingerprint density at radius 3 is 2.86 bits per heavy atom. The van der Waals surface area contributed by atoms with Gasteiger partial charge in [0.05, 0.1) is 24.0 Å². The van der Waals surface area contributed by atoms with Crippen LogP contribution in [0.15, 0.2) is 60.9 Å². The fourth-order valence-electron chi connectivity index (χ4n) is 3.94. The topological polar surface area (TPSA) is 121 Å². The van der Waals surface area contributed by atoms with E-state index in [0.29, 0.717) is 58.3 Å². The van der Waals surface area contributed by atoms with Crippen LogP contribution >= 0.6 is 11.6 Å². The number of aromatic amines is 1. The molecule has 0 fully saturated rings. The van der Waals surface area contributed by atoms with E-state index in [1.807, 2.05) is 25.1 Å². The van der Waals surface area contributed by atoms with E-state index in [-0.39, 0.29) is 12.5 Å². The number of ether oxygens (including phenoxy) is 2. The number of nitrogens with zero attached hydrogens (tertiary/aromatic N) is 2. The van der Waals surface area contributed by atoms with Crippen molar-refractivity contribution in [3.05, 3.63) is 82.8 Å². The number of hydrogen-bond donors (Lipinski definition) is 4. The number of para-hydroxylation sites is 1. The van der Waals surface area contributed by atoms with Gasteiger partial charge in [0.2, 0.25) is 5.95 Å². The summed E-state index contributed by atoms with van der Waals surface area (Å²) in [5.41, 5.74) is 3.98. The molecule has 4 aromatic rings. The van der Waals surface area contributed by atoms with Crippen LogP contribution in [0.5, 0.6) is 11.5 Å². The molecule has 36 heavy (non-hydrogen) atoms. The van der Waals surface area contributed by atoms with Gasteiger partial charge in [0.1, 0.15) is 18.9 Å². The van der Waals surface area contributed by atoms with Gasteiger partial charge in [0.25, 0.3) is 5.91 Å². The van der Waals surface area contributed by atoms with E-state index < -0.39 is 6.04 Å². The minimum atomic E-state index is -0.595. The summed E-state index contributed by atoms with van der Waals surface area (Å²) in [7, 11) is 0. The molecule has 0 radical (unpaired) electrons. The first kappa shape index (κ1) is 23.7. The number of amides is 1. The molecule has 1 aliphatic rings. The van der Waals surface area contributed by atoms with Gasteiger partial charge in [-0.1, -0.05) is 29.8 Å². The molecule has 184 valence electrons. The molecule has 9 nitrogen and oxygen atoms in total. The molecule has 0 spiro atoms. The predicted molar refractivity (Wildman–Crippen MR) is 136 cm³/mol. The van der Waals surface area contributed by atoms with E-state index in [4.69, 9.17) is 21.1 Å². The number of fused-ring (bicyclic) bond motifs is 1. The van der Waals surface area contributed by atoms with Crippen LogP contribution in [0.1, 0.15) is 27.7 Å². The number of hydrogen-bond acceptors (Lipinski definition) is 7. The minimum absolute atomic E-state index is 0.266. The smallest absolute Gasteiger partial charge is 0.268 e. The lowest BCUT2D eigenvalue weighted by Gasteiger charge is -2.21. The third kappa shape index (κ3) is 4.98. The summed E-state index contributed by atoms with van der Waals surface area (Å²) in [6.07, 6.45) is 3.42. The molecule has 0 bridgehead atoms. The van der Waals surface area contributed by atoms with E-state index in [2.05, 4.69) is 25.6 Å². The second-order valence-electron chi connectivity index (χ2n) is 8.25. The summed E-state index contributed by atoms with van der Waals surface area (Å²) in [6.45, 7) is 2.60. The number of anilines is 2. The lowest BCUT2D eigenvalue weighted by atomic mass is 10.1. The highest BCUT2D eigenvalue weighted by atomic mass is 35.5. The number of aliphatic hydroxyl groups excluding tert-OH is 1. The Bertz CT molecular complexity index is 1410. The molecule has 2 aromatic heterocycles. The van der Waals surface area contributed by atoms with Gasteiger partial charge in [-0.3, -0.25) is 4.79 Å². The van der Waals surface area contributed by atoms with Crippen molar-refractivity contribution in [2.45, 2.75) is 13.0 Å². The van der Waals surface area contributed by atoms with Gasteiger partial charge in [0, 0.05) is 23.0 Å². The molecular weight excluding hydrogens is 482 g/mol. The van der Waals surface area contributed by atoms with Crippen LogP contribution in [-0.4, -0.2) is 45.8 Å². The van der Waals surface area contributed by atoms with Crippen molar-refractivity contribution in [1.82, 2.24) is 20.3 Å². The van der Waals surface area contributed by atoms with Crippen LogP contribution in [0.3, 0.4) is 0 Å². The molecule has 2 aromatic carbocycles. The van der Waals surface area contributed by atoms with Crippen molar-refractivity contribution >= 4 is 29.1 Å². The van der Waals surface area contributed by atoms with Gasteiger partial charge < -0.3 is 30.2 Å². The highest BCUT2D eigenvalue weighted by Gasteiger charge is 2.19. The number of rotatable bonds is 7. The first-order valence-corrected chi connectivity index (χ1v) is 11.7. The number of aryl methyl sites for hydroxylation is 1. The van der Waals surface area contributed by atoms with Crippen molar-refractivity contribution in [2.75, 3.05) is 25.1 Å². The maximum Gasteiger partial charge on any atom is 0.268 e. The lowest BCUT2D eigenvalue weighted by molar-refractivity contribution is 0.0911. The maximum atomic E-state index is 12.9. The second-order valence-corrected chi connectivity index (χ2v) is 8.68. The summed E-state index contributed by atoms with van der Waals surface area (Å²) >= 11 is 6.05. The Balaban J connectivity index is 1.35. The summed E-state index contributed by atoms with van der Waals surface area (Å²) in [5, 5.41) is 16.4. The van der Waals surface area contributed by atoms with Crippen LogP contribution in [0, 0.1) is 6.92 Å². The SMILES string of the molecule is Cc1cnc(Nc2cccc3c2OCCO3)nc1-c1c[nH]c(C(=O)N[C@H](CO)c2cccc(Cl)c2)c1. The van der Waals surface area contributed by atoms with Gasteiger partial charge in [0.15, 0.2) is 11.5 Å². The number of carbonyl (C=O) groups excluding carboxylic acids is 1. The molecule has 4 N–H and O–H groups in total. The fourth-order valence-corrected chi connectivity index (χ4v) is 4.14. The van der Waals surface area contributed by atoms with Gasteiger partial charge in [-0.2, -0.15) is 0 Å². The first-order valence-electron chi connectivity index (χ1n) is 11.4. The summed E-state index contributed by atoms with van der Waals surface area (Å²) in [6, 6.07) is 13.7. The van der Waals surface area contributed by atoms with Crippen LogP contribution < -0.4 is 20.1 Å². The molecule has 3 heterocycles. The van der Waals surface area contributed by atoms with Crippen LogP contribution in [0.4, 0.5) is 11.6 Å². The molecule has 5 rings (SSSR count). The number of aromatic nitrogens is 3. The quantitative estimate of drug-likeness (QED) is 0.293. The molecule has 1 atom stereocenters. The minimum Gasteiger partial charge on any atom is -0.486 e. The van der Waals surface area contributed by atoms with Gasteiger partial charge in [-0.15, -0.1) is 0 Å². The summed E-state index contributed by atoms with van der Waals surface area (Å²) in [5.74, 6) is 1.30. The van der Waals surface area contributed by atoms with E-state index in [0.717, 1.165) is 11.1 Å². The Morgan fingerprint density at radius 1 is 1.19 bits per heavy atom. The molecule has 0 saturated heterocycles. The van der Waals surface area contributed by atoms with E-state index in [1.165, 1.54) is 0 Å². The largest absolute Gasteiger partial charge is 0.486 e. The van der Waals surface area contributed by atoms with Gasteiger partial charge >= 0.3 is 0 Å². The number of nitrogens with one attached hydrogen (secondary N) is 3. The molecule has 0 aliphatic carbocycles. The molecule has 1 amide bonds. The normalized spacial score (nSPS) is 13.2. The molecular formula is C26H24ClN5O4. The Labute approximate surface area is 212 Å². The monoisotopic (exact) mass is 505 g/mol. The lowest BCUT2D eigenvalue weighted by Crippen LogP contribution is -2.31. The van der Waals surface area contributed by atoms with Crippen molar-refractivity contribution in [3.63, 3.8) is 0 Å². The number of carbonyl (C=O) groups is 1. The predicted octanol–water partition coefficient (Wildman–Crippen LogP) is 4.41. The highest BCUT2D eigenvalue weighted by molar-refractivity contribution is 6.30. The van der Waals surface area contributed by atoms with Crippen molar-refractivity contribution in [2.24, 2.45) is 0 Å². The number of H-pyrrole nitrogens is 1. The Morgan fingerprint density at radius 2 is 2.03 bits per heavy atom.